The molecular formula is C56H58F26O8. The molecule has 34 heteroatoms. The molecule has 0 saturated heterocycles. The molecule has 0 unspecified atom stereocenters. The maximum Gasteiger partial charge on any atom is 0.460 e. The minimum absolute atomic E-state index is 0.00670. The smallest absolute Gasteiger partial charge is 0.460 e. The molecule has 0 bridgehead atoms. The summed E-state index contributed by atoms with van der Waals surface area (Å²) in [6.45, 7) is 6.63. The maximum atomic E-state index is 15.0. The fourth-order valence-electron chi connectivity index (χ4n) is 8.55. The molecule has 0 aliphatic heterocycles. The third kappa shape index (κ3) is 15.2. The number of rotatable bonds is 36. The Hall–Kier alpha value is -6.02. The van der Waals surface area contributed by atoms with Crippen LogP contribution in [0.1, 0.15) is 130 Å². The zero-order chi connectivity index (χ0) is 68.7. The van der Waals surface area contributed by atoms with Gasteiger partial charge in [-0.25, -0.2) is 0 Å². The van der Waals surface area contributed by atoms with E-state index in [2.05, 4.69) is 0 Å². The Morgan fingerprint density at radius 3 is 0.700 bits per heavy atom. The van der Waals surface area contributed by atoms with E-state index in [9.17, 15) is 124 Å². The van der Waals surface area contributed by atoms with Crippen LogP contribution in [0, 0.1) is 0 Å². The highest BCUT2D eigenvalue weighted by Crippen LogP contribution is 2.63. The minimum atomic E-state index is -8.24. The van der Waals surface area contributed by atoms with Crippen LogP contribution in [-0.4, -0.2) is 110 Å². The quantitative estimate of drug-likeness (QED) is 0.0146. The largest absolute Gasteiger partial charge is 0.490 e. The number of alkyl halides is 26. The first-order valence-corrected chi connectivity index (χ1v) is 27.6. The van der Waals surface area contributed by atoms with Crippen LogP contribution in [0.2, 0.25) is 0 Å². The van der Waals surface area contributed by atoms with Gasteiger partial charge in [0.05, 0.1) is 39.3 Å². The van der Waals surface area contributed by atoms with Gasteiger partial charge in [-0.1, -0.05) is 79.1 Å². The molecule has 90 heavy (non-hydrogen) atoms. The van der Waals surface area contributed by atoms with Crippen molar-refractivity contribution in [3.05, 3.63) is 36.4 Å². The van der Waals surface area contributed by atoms with Crippen molar-refractivity contribution in [3.63, 3.8) is 0 Å². The summed E-state index contributed by atoms with van der Waals surface area (Å²) in [5.41, 5.74) is 0. The predicted molar refractivity (Wildman–Crippen MR) is 270 cm³/mol. The summed E-state index contributed by atoms with van der Waals surface area (Å²) in [4.78, 5) is 26.7. The summed E-state index contributed by atoms with van der Waals surface area (Å²) in [5.74, 6) is -85.0. The standard InChI is InChI=1S/C56H58F26O8/c1-5-9-13-21-85-37-25-31-32(26-38(37)86-22-14-10-6-2)35-29-41(89-43(83)17-19-45(57,58)47(61,62)49(65,66)51(69,70)53(73,74)55(77,78)79)40(88-24-16-12-8-4)28-34(35)36-30-42(39(27-33(31)36)87-23-15-11-7-3)90-44(84)18-20-46(59,60)48(63,64)50(67,68)52(71,72)54(75,76)56(80,81)82/h25-30H,5-24H2,1-4H3. The molecule has 0 aliphatic carbocycles. The third-order valence-corrected chi connectivity index (χ3v) is 13.9. The molecule has 0 radical (unpaired) electrons. The molecule has 0 spiro atoms. The fourth-order valence-corrected chi connectivity index (χ4v) is 8.55. The number of esters is 2. The SMILES string of the molecule is CCCCCOc1cc2c(cc1OCCCCC)c1cc(OC(=O)CCC(F)(F)C(F)(F)C(F)(F)C(F)(F)C(F)(F)C(F)(F)F)c(OCCCCC)cc1c1cc(OC(=O)CCC(F)(F)C(F)(F)C(F)(F)C(F)(F)C(F)(F)C(F)(F)F)c(OCCCCC)cc21. The molecule has 0 aromatic heterocycles. The lowest BCUT2D eigenvalue weighted by atomic mass is 9.92. The van der Waals surface area contributed by atoms with Gasteiger partial charge in [-0.3, -0.25) is 9.59 Å². The van der Waals surface area contributed by atoms with Gasteiger partial charge < -0.3 is 28.4 Å². The van der Waals surface area contributed by atoms with Crippen LogP contribution in [0.5, 0.6) is 34.5 Å². The third-order valence-electron chi connectivity index (χ3n) is 13.9. The van der Waals surface area contributed by atoms with E-state index < -0.39 is 132 Å². The molecule has 4 rings (SSSR count). The van der Waals surface area contributed by atoms with Gasteiger partial charge in [0.2, 0.25) is 0 Å². The molecule has 0 amide bonds. The number of carbonyl (C=O) groups excluding carboxylic acids is 2. The van der Waals surface area contributed by atoms with Gasteiger partial charge in [-0.05, 0) is 94.4 Å². The Kier molecular flexibility index (Phi) is 24.2. The molecule has 4 aromatic rings. The first kappa shape index (κ1) is 76.4. The highest BCUT2D eigenvalue weighted by Gasteiger charge is 2.92. The predicted octanol–water partition coefficient (Wildman–Crippen LogP) is 20.3. The first-order chi connectivity index (χ1) is 41.2. The second-order valence-corrected chi connectivity index (χ2v) is 20.7. The average molecular weight is 1350 g/mol. The minimum Gasteiger partial charge on any atom is -0.490 e. The maximum absolute atomic E-state index is 15.0. The summed E-state index contributed by atoms with van der Waals surface area (Å²) >= 11 is 0. The van der Waals surface area contributed by atoms with Crippen molar-refractivity contribution >= 4 is 44.3 Å². The lowest BCUT2D eigenvalue weighted by Crippen LogP contribution is -2.70. The summed E-state index contributed by atoms with van der Waals surface area (Å²) < 4.78 is 397. The number of hydrogen-bond acceptors (Lipinski definition) is 8. The van der Waals surface area contributed by atoms with E-state index in [1.807, 2.05) is 13.8 Å². The molecule has 0 fully saturated rings. The van der Waals surface area contributed by atoms with E-state index in [0.29, 0.717) is 64.2 Å². The summed E-state index contributed by atoms with van der Waals surface area (Å²) in [5, 5.41) is -0.494. The van der Waals surface area contributed by atoms with Gasteiger partial charge in [0.1, 0.15) is 0 Å². The molecule has 0 saturated carbocycles. The lowest BCUT2D eigenvalue weighted by Gasteiger charge is -2.39. The lowest BCUT2D eigenvalue weighted by molar-refractivity contribution is -0.440. The highest BCUT2D eigenvalue weighted by atomic mass is 19.4. The van der Waals surface area contributed by atoms with Gasteiger partial charge in [-0.2, -0.15) is 114 Å². The zero-order valence-corrected chi connectivity index (χ0v) is 47.7. The van der Waals surface area contributed by atoms with Crippen molar-refractivity contribution in [2.45, 2.75) is 202 Å². The monoisotopic (exact) mass is 1350 g/mol. The fraction of sp³-hybridized carbons (Fsp3) is 0.643. The second kappa shape index (κ2) is 28.5. The summed E-state index contributed by atoms with van der Waals surface area (Å²) in [6.07, 6.45) is -20.0. The van der Waals surface area contributed by atoms with E-state index in [4.69, 9.17) is 28.4 Å². The molecule has 4 aromatic carbocycles. The molecule has 8 nitrogen and oxygen atoms in total. The van der Waals surface area contributed by atoms with E-state index in [1.165, 1.54) is 12.1 Å². The van der Waals surface area contributed by atoms with Crippen molar-refractivity contribution in [2.24, 2.45) is 0 Å². The van der Waals surface area contributed by atoms with Crippen molar-refractivity contribution in [3.8, 4) is 34.5 Å². The van der Waals surface area contributed by atoms with Crippen molar-refractivity contribution in [1.29, 1.82) is 0 Å². The van der Waals surface area contributed by atoms with Crippen LogP contribution < -0.4 is 28.4 Å². The normalized spacial score (nSPS) is 14.0. The topological polar surface area (TPSA) is 89.5 Å². The number of ether oxygens (including phenoxy) is 6. The van der Waals surface area contributed by atoms with E-state index in [-0.39, 0.29) is 83.1 Å². The van der Waals surface area contributed by atoms with Crippen LogP contribution in [0.4, 0.5) is 114 Å². The second-order valence-electron chi connectivity index (χ2n) is 20.7. The van der Waals surface area contributed by atoms with E-state index >= 15 is 0 Å². The number of hydrogen-bond donors (Lipinski definition) is 0. The van der Waals surface area contributed by atoms with Crippen LogP contribution in [-0.2, 0) is 9.59 Å². The van der Waals surface area contributed by atoms with Crippen LogP contribution in [0.15, 0.2) is 36.4 Å². The van der Waals surface area contributed by atoms with Gasteiger partial charge in [0, 0.05) is 12.8 Å². The molecular weight excluding hydrogens is 1290 g/mol. The van der Waals surface area contributed by atoms with Crippen molar-refractivity contribution in [1.82, 2.24) is 0 Å². The zero-order valence-electron chi connectivity index (χ0n) is 47.7. The number of unbranched alkanes of at least 4 members (excludes halogenated alkanes) is 8. The van der Waals surface area contributed by atoms with Crippen molar-refractivity contribution in [2.75, 3.05) is 26.4 Å². The first-order valence-electron chi connectivity index (χ1n) is 27.6. The van der Waals surface area contributed by atoms with Crippen molar-refractivity contribution < 1.29 is 152 Å². The van der Waals surface area contributed by atoms with Crippen LogP contribution in [0.3, 0.4) is 0 Å². The van der Waals surface area contributed by atoms with E-state index in [1.54, 1.807) is 13.8 Å². The van der Waals surface area contributed by atoms with Gasteiger partial charge in [0.25, 0.3) is 0 Å². The molecule has 0 N–H and O–H groups in total. The van der Waals surface area contributed by atoms with Gasteiger partial charge in [0.15, 0.2) is 34.5 Å². The number of benzene rings is 4. The number of carbonyl (C=O) groups is 2. The average Bonchev–Trinajstić information content (AvgIpc) is 0.730. The van der Waals surface area contributed by atoms with Gasteiger partial charge >= 0.3 is 83.5 Å². The number of halogens is 26. The summed E-state index contributed by atoms with van der Waals surface area (Å²) in [6, 6.07) is 6.57. The Bertz CT molecular complexity index is 2960. The van der Waals surface area contributed by atoms with Gasteiger partial charge in [-0.15, -0.1) is 0 Å². The van der Waals surface area contributed by atoms with E-state index in [0.717, 1.165) is 24.3 Å². The number of fused-ring (bicyclic) bond motifs is 6. The molecule has 0 atom stereocenters. The molecule has 512 valence electrons. The van der Waals surface area contributed by atoms with Crippen LogP contribution >= 0.6 is 0 Å². The Morgan fingerprint density at radius 1 is 0.289 bits per heavy atom. The summed E-state index contributed by atoms with van der Waals surface area (Å²) in [7, 11) is 0. The Morgan fingerprint density at radius 2 is 0.489 bits per heavy atom. The Labute approximate surface area is 495 Å². The highest BCUT2D eigenvalue weighted by molar-refractivity contribution is 6.27. The molecule has 0 aliphatic rings. The molecule has 0 heterocycles. The van der Waals surface area contributed by atoms with Crippen LogP contribution in [0.25, 0.3) is 32.3 Å². The Balaban J connectivity index is 2.02.